The molecule has 2 rings (SSSR count). The Hall–Kier alpha value is -2.39. The first-order chi connectivity index (χ1) is 10.1. The molecule has 0 radical (unpaired) electrons. The Labute approximate surface area is 127 Å². The molecule has 0 atom stereocenters. The van der Waals surface area contributed by atoms with E-state index in [-0.39, 0.29) is 11.5 Å². The third kappa shape index (κ3) is 3.03. The van der Waals surface area contributed by atoms with Crippen molar-refractivity contribution in [1.82, 2.24) is 9.97 Å². The number of thioether (sulfide) groups is 1. The maximum atomic E-state index is 12.1. The Bertz CT molecular complexity index is 724. The van der Waals surface area contributed by atoms with Gasteiger partial charge in [0.25, 0.3) is 0 Å². The Morgan fingerprint density at radius 2 is 2.10 bits per heavy atom. The minimum Gasteiger partial charge on any atom is -0.274 e. The number of benzene rings is 1. The van der Waals surface area contributed by atoms with E-state index in [2.05, 4.69) is 9.97 Å². The topological polar surface area (TPSA) is 69.9 Å². The van der Waals surface area contributed by atoms with Crippen LogP contribution in [-0.4, -0.2) is 22.1 Å². The zero-order valence-electron chi connectivity index (χ0n) is 12.0. The van der Waals surface area contributed by atoms with Crippen molar-refractivity contribution in [1.29, 1.82) is 5.26 Å². The molecule has 0 unspecified atom stereocenters. The van der Waals surface area contributed by atoms with Gasteiger partial charge in [-0.15, -0.1) is 0 Å². The molecule has 0 bridgehead atoms. The molecule has 0 saturated carbocycles. The molecule has 1 aromatic heterocycles. The SMILES string of the molecule is CSc1ncc(C#N)c(N(C(C)=O)c2ccccc2C)n1. The van der Waals surface area contributed by atoms with Crippen LogP contribution >= 0.6 is 11.8 Å². The van der Waals surface area contributed by atoms with Gasteiger partial charge in [0.15, 0.2) is 11.0 Å². The third-order valence-corrected chi connectivity index (χ3v) is 3.49. The van der Waals surface area contributed by atoms with Crippen molar-refractivity contribution in [2.45, 2.75) is 19.0 Å². The van der Waals surface area contributed by atoms with Crippen LogP contribution in [0, 0.1) is 18.3 Å². The molecular weight excluding hydrogens is 284 g/mol. The van der Waals surface area contributed by atoms with Gasteiger partial charge >= 0.3 is 0 Å². The van der Waals surface area contributed by atoms with Gasteiger partial charge in [0.1, 0.15) is 11.6 Å². The molecule has 2 aromatic rings. The summed E-state index contributed by atoms with van der Waals surface area (Å²) in [6.07, 6.45) is 3.29. The normalized spacial score (nSPS) is 10.0. The predicted octanol–water partition coefficient (Wildman–Crippen LogP) is 3.06. The van der Waals surface area contributed by atoms with Crippen molar-refractivity contribution in [3.8, 4) is 6.07 Å². The summed E-state index contributed by atoms with van der Waals surface area (Å²) in [5.74, 6) is 0.116. The third-order valence-electron chi connectivity index (χ3n) is 2.93. The van der Waals surface area contributed by atoms with E-state index in [9.17, 15) is 10.1 Å². The summed E-state index contributed by atoms with van der Waals surface area (Å²) in [6, 6.07) is 9.53. The van der Waals surface area contributed by atoms with Crippen LogP contribution in [0.25, 0.3) is 0 Å². The summed E-state index contributed by atoms with van der Waals surface area (Å²) >= 11 is 1.36. The smallest absolute Gasteiger partial charge is 0.229 e. The van der Waals surface area contributed by atoms with Crippen molar-refractivity contribution in [2.24, 2.45) is 0 Å². The average Bonchev–Trinajstić information content (AvgIpc) is 2.49. The molecular formula is C15H14N4OS. The first-order valence-corrected chi connectivity index (χ1v) is 7.48. The van der Waals surface area contributed by atoms with E-state index in [1.54, 1.807) is 0 Å². The summed E-state index contributed by atoms with van der Waals surface area (Å²) in [5, 5.41) is 9.77. The number of nitriles is 1. The van der Waals surface area contributed by atoms with Crippen LogP contribution in [0.2, 0.25) is 0 Å². The number of hydrogen-bond acceptors (Lipinski definition) is 5. The molecule has 5 nitrogen and oxygen atoms in total. The molecule has 21 heavy (non-hydrogen) atoms. The lowest BCUT2D eigenvalue weighted by molar-refractivity contribution is -0.115. The summed E-state index contributed by atoms with van der Waals surface area (Å²) < 4.78 is 0. The van der Waals surface area contributed by atoms with E-state index in [1.165, 1.54) is 29.8 Å². The highest BCUT2D eigenvalue weighted by Crippen LogP contribution is 2.30. The lowest BCUT2D eigenvalue weighted by atomic mass is 10.1. The van der Waals surface area contributed by atoms with E-state index in [4.69, 9.17) is 0 Å². The van der Waals surface area contributed by atoms with Gasteiger partial charge in [0.05, 0.1) is 11.9 Å². The first kappa shape index (κ1) is 15.0. The molecule has 0 aliphatic rings. The number of amides is 1. The second-order valence-corrected chi connectivity index (χ2v) is 5.12. The molecule has 0 spiro atoms. The number of rotatable bonds is 3. The van der Waals surface area contributed by atoms with Gasteiger partial charge in [0.2, 0.25) is 5.91 Å². The van der Waals surface area contributed by atoms with Gasteiger partial charge < -0.3 is 0 Å². The Kier molecular flexibility index (Phi) is 4.55. The zero-order valence-corrected chi connectivity index (χ0v) is 12.8. The van der Waals surface area contributed by atoms with E-state index in [0.717, 1.165) is 5.56 Å². The number of para-hydroxylation sites is 1. The van der Waals surface area contributed by atoms with Crippen molar-refractivity contribution in [3.63, 3.8) is 0 Å². The number of aryl methyl sites for hydroxylation is 1. The lowest BCUT2D eigenvalue weighted by Gasteiger charge is -2.23. The zero-order chi connectivity index (χ0) is 15.4. The Morgan fingerprint density at radius 3 is 2.67 bits per heavy atom. The van der Waals surface area contributed by atoms with Gasteiger partial charge in [-0.1, -0.05) is 30.0 Å². The van der Waals surface area contributed by atoms with Crippen molar-refractivity contribution in [3.05, 3.63) is 41.6 Å². The van der Waals surface area contributed by atoms with Crippen LogP contribution in [0.5, 0.6) is 0 Å². The highest BCUT2D eigenvalue weighted by molar-refractivity contribution is 7.98. The number of aromatic nitrogens is 2. The van der Waals surface area contributed by atoms with Crippen LogP contribution in [0.3, 0.4) is 0 Å². The van der Waals surface area contributed by atoms with Crippen LogP contribution in [0.4, 0.5) is 11.5 Å². The maximum Gasteiger partial charge on any atom is 0.229 e. The Morgan fingerprint density at radius 1 is 1.38 bits per heavy atom. The van der Waals surface area contributed by atoms with Crippen molar-refractivity contribution in [2.75, 3.05) is 11.2 Å². The van der Waals surface area contributed by atoms with Crippen LogP contribution in [0.1, 0.15) is 18.1 Å². The number of hydrogen-bond donors (Lipinski definition) is 0. The Balaban J connectivity index is 2.67. The van der Waals surface area contributed by atoms with Gasteiger partial charge in [0, 0.05) is 6.92 Å². The summed E-state index contributed by atoms with van der Waals surface area (Å²) in [7, 11) is 0. The van der Waals surface area contributed by atoms with Gasteiger partial charge in [-0.2, -0.15) is 5.26 Å². The fourth-order valence-corrected chi connectivity index (χ4v) is 2.29. The fraction of sp³-hybridized carbons (Fsp3) is 0.200. The fourth-order valence-electron chi connectivity index (χ4n) is 1.95. The summed E-state index contributed by atoms with van der Waals surface area (Å²) in [5.41, 5.74) is 1.92. The molecule has 106 valence electrons. The van der Waals surface area contributed by atoms with Crippen LogP contribution in [0.15, 0.2) is 35.6 Å². The quantitative estimate of drug-likeness (QED) is 0.643. The van der Waals surface area contributed by atoms with E-state index < -0.39 is 0 Å². The second-order valence-electron chi connectivity index (χ2n) is 4.35. The molecule has 1 heterocycles. The number of carbonyl (C=O) groups is 1. The van der Waals surface area contributed by atoms with E-state index in [1.807, 2.05) is 43.5 Å². The molecule has 0 aliphatic carbocycles. The van der Waals surface area contributed by atoms with E-state index in [0.29, 0.717) is 16.7 Å². The van der Waals surface area contributed by atoms with Gasteiger partial charge in [-0.25, -0.2) is 9.97 Å². The number of anilines is 2. The van der Waals surface area contributed by atoms with Crippen molar-refractivity contribution >= 4 is 29.2 Å². The number of nitrogens with zero attached hydrogens (tertiary/aromatic N) is 4. The molecule has 0 saturated heterocycles. The van der Waals surface area contributed by atoms with Crippen LogP contribution in [-0.2, 0) is 4.79 Å². The highest BCUT2D eigenvalue weighted by Gasteiger charge is 2.21. The lowest BCUT2D eigenvalue weighted by Crippen LogP contribution is -2.25. The summed E-state index contributed by atoms with van der Waals surface area (Å²) in [6.45, 7) is 3.36. The molecule has 0 aliphatic heterocycles. The minimum atomic E-state index is -0.202. The molecule has 0 fully saturated rings. The number of carbonyl (C=O) groups excluding carboxylic acids is 1. The van der Waals surface area contributed by atoms with Gasteiger partial charge in [-0.3, -0.25) is 9.69 Å². The second kappa shape index (κ2) is 6.37. The van der Waals surface area contributed by atoms with Crippen molar-refractivity contribution < 1.29 is 4.79 Å². The standard InChI is InChI=1S/C15H14N4OS/c1-10-6-4-5-7-13(10)19(11(2)20)14-12(8-16)9-17-15(18-14)21-3/h4-7,9H,1-3H3. The highest BCUT2D eigenvalue weighted by atomic mass is 32.2. The summed E-state index contributed by atoms with van der Waals surface area (Å²) in [4.78, 5) is 22.0. The molecule has 0 N–H and O–H groups in total. The minimum absolute atomic E-state index is 0.202. The molecule has 1 aromatic carbocycles. The first-order valence-electron chi connectivity index (χ1n) is 6.26. The molecule has 1 amide bonds. The van der Waals surface area contributed by atoms with E-state index >= 15 is 0 Å². The predicted molar refractivity (Wildman–Crippen MR) is 82.5 cm³/mol. The maximum absolute atomic E-state index is 12.1. The molecule has 6 heteroatoms. The average molecular weight is 298 g/mol. The monoisotopic (exact) mass is 298 g/mol. The van der Waals surface area contributed by atoms with Crippen LogP contribution < -0.4 is 4.90 Å². The largest absolute Gasteiger partial charge is 0.274 e. The van der Waals surface area contributed by atoms with Gasteiger partial charge in [-0.05, 0) is 24.8 Å².